The van der Waals surface area contributed by atoms with Gasteiger partial charge in [0.25, 0.3) is 0 Å². The van der Waals surface area contributed by atoms with Gasteiger partial charge in [0.2, 0.25) is 0 Å². The number of aliphatic hydroxyl groups excluding tert-OH is 3. The van der Waals surface area contributed by atoms with Gasteiger partial charge in [-0.2, -0.15) is 0 Å². The zero-order valence-electron chi connectivity index (χ0n) is 26.0. The van der Waals surface area contributed by atoms with Crippen LogP contribution in [0.5, 0.6) is 5.75 Å². The monoisotopic (exact) mass is 576 g/mol. The number of aryl methyl sites for hydroxylation is 1. The molecule has 8 heteroatoms. The van der Waals surface area contributed by atoms with E-state index in [4.69, 9.17) is 23.7 Å². The summed E-state index contributed by atoms with van der Waals surface area (Å²) < 4.78 is 29.5. The van der Waals surface area contributed by atoms with Gasteiger partial charge in [0.1, 0.15) is 11.9 Å². The van der Waals surface area contributed by atoms with Crippen molar-refractivity contribution in [2.24, 2.45) is 5.41 Å². The molecule has 8 nitrogen and oxygen atoms in total. The van der Waals surface area contributed by atoms with E-state index in [2.05, 4.69) is 57.2 Å². The first-order valence-electron chi connectivity index (χ1n) is 14.5. The van der Waals surface area contributed by atoms with E-state index in [1.165, 1.54) is 16.7 Å². The average Bonchev–Trinajstić information content (AvgIpc) is 2.88. The zero-order chi connectivity index (χ0) is 30.5. The first kappa shape index (κ1) is 35.2. The highest BCUT2D eigenvalue weighted by Gasteiger charge is 2.33. The van der Waals surface area contributed by atoms with E-state index in [1.54, 1.807) is 20.8 Å². The first-order valence-corrected chi connectivity index (χ1v) is 14.5. The fraction of sp³-hybridized carbons (Fsp3) is 0.636. The molecule has 41 heavy (non-hydrogen) atoms. The molecule has 0 saturated carbocycles. The highest BCUT2D eigenvalue weighted by Crippen LogP contribution is 2.32. The highest BCUT2D eigenvalue weighted by atomic mass is 16.5. The van der Waals surface area contributed by atoms with Crippen LogP contribution in [0.2, 0.25) is 0 Å². The van der Waals surface area contributed by atoms with Gasteiger partial charge in [0.05, 0.1) is 76.6 Å². The molecule has 0 radical (unpaired) electrons. The number of rotatable bonds is 20. The topological polar surface area (TPSA) is 107 Å². The molecular formula is C33H52O8. The number of benzene rings is 2. The quantitative estimate of drug-likeness (QED) is 0.214. The van der Waals surface area contributed by atoms with E-state index in [1.807, 2.05) is 19.1 Å². The molecular weight excluding hydrogens is 524 g/mol. The molecule has 0 aliphatic carbocycles. The van der Waals surface area contributed by atoms with Crippen LogP contribution in [0.25, 0.3) is 0 Å². The van der Waals surface area contributed by atoms with Crippen LogP contribution in [0.3, 0.4) is 0 Å². The minimum atomic E-state index is -0.707. The second kappa shape index (κ2) is 17.2. The summed E-state index contributed by atoms with van der Waals surface area (Å²) in [6, 6.07) is 16.8. The van der Waals surface area contributed by atoms with Gasteiger partial charge in [0.15, 0.2) is 0 Å². The molecule has 0 aliphatic rings. The van der Waals surface area contributed by atoms with Crippen LogP contribution in [0.1, 0.15) is 58.2 Å². The van der Waals surface area contributed by atoms with Gasteiger partial charge < -0.3 is 39.0 Å². The molecule has 0 spiro atoms. The maximum atomic E-state index is 9.66. The van der Waals surface area contributed by atoms with Gasteiger partial charge in [-0.05, 0) is 57.9 Å². The fourth-order valence-electron chi connectivity index (χ4n) is 4.38. The van der Waals surface area contributed by atoms with Crippen molar-refractivity contribution in [2.75, 3.05) is 52.9 Å². The van der Waals surface area contributed by atoms with Gasteiger partial charge in [-0.25, -0.2) is 0 Å². The van der Waals surface area contributed by atoms with Crippen LogP contribution in [0.15, 0.2) is 48.5 Å². The predicted molar refractivity (Wildman–Crippen MR) is 161 cm³/mol. The molecule has 0 bridgehead atoms. The molecule has 2 aromatic rings. The van der Waals surface area contributed by atoms with Gasteiger partial charge in [-0.15, -0.1) is 0 Å². The van der Waals surface area contributed by atoms with Crippen LogP contribution < -0.4 is 4.74 Å². The Morgan fingerprint density at radius 2 is 0.951 bits per heavy atom. The Balaban J connectivity index is 2.00. The summed E-state index contributed by atoms with van der Waals surface area (Å²) in [5.41, 5.74) is 2.87. The van der Waals surface area contributed by atoms with Crippen molar-refractivity contribution < 1.29 is 39.0 Å². The third kappa shape index (κ3) is 12.8. The molecule has 3 N–H and O–H groups in total. The molecule has 0 aliphatic heterocycles. The smallest absolute Gasteiger partial charge is 0.119 e. The lowest BCUT2D eigenvalue weighted by Gasteiger charge is -2.34. The standard InChI is InChI=1S/C33H52O8/c1-24-8-10-29(11-9-24)32(6,7)30-12-14-31(15-13-30)41-28(5)19-40-23-33(20-37-16-25(2)34,21-38-17-26(3)35)22-39-18-27(4)36/h8-15,25-28,34-36H,16-23H2,1-7H3. The molecule has 0 amide bonds. The normalized spacial score (nSPS) is 16.5. The summed E-state index contributed by atoms with van der Waals surface area (Å²) >= 11 is 0. The van der Waals surface area contributed by atoms with Crippen molar-refractivity contribution in [3.8, 4) is 5.75 Å². The van der Waals surface area contributed by atoms with E-state index in [9.17, 15) is 15.3 Å². The summed E-state index contributed by atoms with van der Waals surface area (Å²) in [5, 5.41) is 29.0. The summed E-state index contributed by atoms with van der Waals surface area (Å²) in [4.78, 5) is 0. The van der Waals surface area contributed by atoms with Crippen molar-refractivity contribution in [1.82, 2.24) is 0 Å². The zero-order valence-corrected chi connectivity index (χ0v) is 26.0. The fourth-order valence-corrected chi connectivity index (χ4v) is 4.38. The van der Waals surface area contributed by atoms with Crippen molar-refractivity contribution in [1.29, 1.82) is 0 Å². The van der Waals surface area contributed by atoms with Gasteiger partial charge in [0, 0.05) is 5.41 Å². The maximum Gasteiger partial charge on any atom is 0.119 e. The Bertz CT molecular complexity index is 934. The molecule has 0 saturated heterocycles. The minimum Gasteiger partial charge on any atom is -0.488 e. The largest absolute Gasteiger partial charge is 0.488 e. The number of aliphatic hydroxyl groups is 3. The van der Waals surface area contributed by atoms with E-state index in [0.29, 0.717) is 6.61 Å². The van der Waals surface area contributed by atoms with E-state index in [-0.39, 0.29) is 57.8 Å². The SMILES string of the molecule is Cc1ccc(C(C)(C)c2ccc(OC(C)COCC(COCC(C)O)(COCC(C)O)COCC(C)O)cc2)cc1. The lowest BCUT2D eigenvalue weighted by Crippen LogP contribution is -2.43. The van der Waals surface area contributed by atoms with Crippen LogP contribution in [-0.2, 0) is 24.4 Å². The lowest BCUT2D eigenvalue weighted by molar-refractivity contribution is -0.128. The summed E-state index contributed by atoms with van der Waals surface area (Å²) in [6.07, 6.45) is -2.08. The second-order valence-electron chi connectivity index (χ2n) is 12.1. The molecule has 4 atom stereocenters. The molecule has 232 valence electrons. The molecule has 2 aromatic carbocycles. The Kier molecular flexibility index (Phi) is 14.7. The Hall–Kier alpha value is -2.04. The number of hydrogen-bond acceptors (Lipinski definition) is 8. The Morgan fingerprint density at radius 1 is 0.585 bits per heavy atom. The summed E-state index contributed by atoms with van der Waals surface area (Å²) in [5.74, 6) is 0.761. The van der Waals surface area contributed by atoms with E-state index < -0.39 is 23.7 Å². The number of ether oxygens (including phenoxy) is 5. The summed E-state index contributed by atoms with van der Waals surface area (Å²) in [7, 11) is 0. The predicted octanol–water partition coefficient (Wildman–Crippen LogP) is 4.28. The molecule has 0 heterocycles. The lowest BCUT2D eigenvalue weighted by atomic mass is 9.78. The van der Waals surface area contributed by atoms with Gasteiger partial charge in [-0.1, -0.05) is 55.8 Å². The maximum absolute atomic E-state index is 9.66. The van der Waals surface area contributed by atoms with E-state index >= 15 is 0 Å². The average molecular weight is 577 g/mol. The van der Waals surface area contributed by atoms with E-state index in [0.717, 1.165) is 5.75 Å². The van der Waals surface area contributed by atoms with Crippen molar-refractivity contribution in [3.05, 3.63) is 65.2 Å². The third-order valence-electron chi connectivity index (χ3n) is 6.75. The summed E-state index contributed by atoms with van der Waals surface area (Å²) in [6.45, 7) is 15.1. The Morgan fingerprint density at radius 3 is 1.34 bits per heavy atom. The molecule has 0 aromatic heterocycles. The molecule has 2 rings (SSSR count). The van der Waals surface area contributed by atoms with Crippen LogP contribution in [0.4, 0.5) is 0 Å². The molecule has 0 fully saturated rings. The van der Waals surface area contributed by atoms with Crippen molar-refractivity contribution >= 4 is 0 Å². The highest BCUT2D eigenvalue weighted by molar-refractivity contribution is 5.40. The number of hydrogen-bond donors (Lipinski definition) is 3. The molecule has 4 unspecified atom stereocenters. The van der Waals surface area contributed by atoms with Crippen molar-refractivity contribution in [2.45, 2.75) is 78.3 Å². The second-order valence-corrected chi connectivity index (χ2v) is 12.1. The third-order valence-corrected chi connectivity index (χ3v) is 6.75. The Labute approximate surface area is 246 Å². The van der Waals surface area contributed by atoms with Gasteiger partial charge in [-0.3, -0.25) is 0 Å². The van der Waals surface area contributed by atoms with Gasteiger partial charge >= 0.3 is 0 Å². The van der Waals surface area contributed by atoms with Crippen LogP contribution >= 0.6 is 0 Å². The first-order chi connectivity index (χ1) is 19.3. The van der Waals surface area contributed by atoms with Crippen LogP contribution in [-0.4, -0.2) is 92.6 Å². The van der Waals surface area contributed by atoms with Crippen molar-refractivity contribution in [3.63, 3.8) is 0 Å². The van der Waals surface area contributed by atoms with Crippen LogP contribution in [0, 0.1) is 12.3 Å². The minimum absolute atomic E-state index is 0.133.